The zero-order valence-electron chi connectivity index (χ0n) is 12.4. The van der Waals surface area contributed by atoms with Crippen molar-refractivity contribution in [3.05, 3.63) is 35.4 Å². The van der Waals surface area contributed by atoms with Gasteiger partial charge in [0.25, 0.3) is 0 Å². The van der Waals surface area contributed by atoms with E-state index in [0.717, 1.165) is 5.92 Å². The highest BCUT2D eigenvalue weighted by atomic mass is 14.7. The predicted molar refractivity (Wildman–Crippen MR) is 81.4 cm³/mol. The average Bonchev–Trinajstić information content (AvgIpc) is 2.31. The van der Waals surface area contributed by atoms with E-state index in [2.05, 4.69) is 38.1 Å². The first-order chi connectivity index (χ1) is 9.05. The lowest BCUT2D eigenvalue weighted by atomic mass is 9.68. The Morgan fingerprint density at radius 2 is 1.63 bits per heavy atom. The third-order valence-corrected chi connectivity index (χ3v) is 5.38. The summed E-state index contributed by atoms with van der Waals surface area (Å²) in [4.78, 5) is 0. The first-order valence-electron chi connectivity index (χ1n) is 7.91. The van der Waals surface area contributed by atoms with Crippen LogP contribution in [0.25, 0.3) is 0 Å². The quantitative estimate of drug-likeness (QED) is 0.825. The maximum absolute atomic E-state index is 6.37. The van der Waals surface area contributed by atoms with Gasteiger partial charge in [-0.1, -0.05) is 44.5 Å². The van der Waals surface area contributed by atoms with Crippen LogP contribution in [0, 0.1) is 5.41 Å². The Labute approximate surface area is 117 Å². The fourth-order valence-electron chi connectivity index (χ4n) is 3.73. The molecule has 1 nitrogen and oxygen atoms in total. The van der Waals surface area contributed by atoms with Crippen LogP contribution in [0.3, 0.4) is 0 Å². The molecule has 0 heterocycles. The van der Waals surface area contributed by atoms with Gasteiger partial charge in [0.05, 0.1) is 0 Å². The highest BCUT2D eigenvalue weighted by Gasteiger charge is 2.33. The molecular formula is C18H27N. The van der Waals surface area contributed by atoms with Crippen molar-refractivity contribution >= 4 is 0 Å². The zero-order chi connectivity index (χ0) is 13.5. The van der Waals surface area contributed by atoms with Gasteiger partial charge >= 0.3 is 0 Å². The lowest BCUT2D eigenvalue weighted by Crippen LogP contribution is -2.37. The van der Waals surface area contributed by atoms with Crippen LogP contribution in [0.5, 0.6) is 0 Å². The molecule has 2 aliphatic carbocycles. The van der Waals surface area contributed by atoms with Crippen LogP contribution >= 0.6 is 0 Å². The summed E-state index contributed by atoms with van der Waals surface area (Å²) in [5, 5.41) is 0. The molecule has 2 unspecified atom stereocenters. The first-order valence-corrected chi connectivity index (χ1v) is 7.91. The van der Waals surface area contributed by atoms with Crippen LogP contribution in [0.15, 0.2) is 24.3 Å². The van der Waals surface area contributed by atoms with E-state index >= 15 is 0 Å². The second-order valence-corrected chi connectivity index (χ2v) is 7.47. The summed E-state index contributed by atoms with van der Waals surface area (Å²) in [5.41, 5.74) is 9.82. The monoisotopic (exact) mass is 257 g/mol. The summed E-state index contributed by atoms with van der Waals surface area (Å²) in [7, 11) is 0. The zero-order valence-corrected chi connectivity index (χ0v) is 12.4. The van der Waals surface area contributed by atoms with E-state index in [9.17, 15) is 0 Å². The second kappa shape index (κ2) is 4.94. The molecule has 1 aromatic carbocycles. The van der Waals surface area contributed by atoms with Gasteiger partial charge in [-0.15, -0.1) is 0 Å². The molecule has 0 radical (unpaired) electrons. The summed E-state index contributed by atoms with van der Waals surface area (Å²) >= 11 is 0. The fraction of sp³-hybridized carbons (Fsp3) is 0.667. The van der Waals surface area contributed by atoms with Gasteiger partial charge in [0.2, 0.25) is 0 Å². The molecule has 19 heavy (non-hydrogen) atoms. The average molecular weight is 257 g/mol. The Kier molecular flexibility index (Phi) is 3.42. The number of rotatable bonds is 2. The van der Waals surface area contributed by atoms with Gasteiger partial charge in [0.1, 0.15) is 0 Å². The largest absolute Gasteiger partial charge is 0.327 e. The summed E-state index contributed by atoms with van der Waals surface area (Å²) in [6, 6.07) is 9.75. The summed E-state index contributed by atoms with van der Waals surface area (Å²) in [5.74, 6) is 1.39. The molecule has 0 aliphatic heterocycles. The molecule has 0 spiro atoms. The van der Waals surface area contributed by atoms with Crippen LogP contribution in [-0.4, -0.2) is 6.04 Å². The van der Waals surface area contributed by atoms with E-state index in [0.29, 0.717) is 17.4 Å². The fourth-order valence-corrected chi connectivity index (χ4v) is 3.73. The minimum Gasteiger partial charge on any atom is -0.327 e. The van der Waals surface area contributed by atoms with E-state index in [1.807, 2.05) is 0 Å². The topological polar surface area (TPSA) is 26.0 Å². The maximum Gasteiger partial charge on any atom is 0.0108 e. The normalized spacial score (nSPS) is 30.9. The summed E-state index contributed by atoms with van der Waals surface area (Å²) < 4.78 is 0. The molecule has 0 bridgehead atoms. The van der Waals surface area contributed by atoms with Gasteiger partial charge in [-0.3, -0.25) is 0 Å². The van der Waals surface area contributed by atoms with Crippen molar-refractivity contribution in [1.82, 2.24) is 0 Å². The Hall–Kier alpha value is -0.820. The van der Waals surface area contributed by atoms with Crippen molar-refractivity contribution in [3.63, 3.8) is 0 Å². The van der Waals surface area contributed by atoms with Crippen molar-refractivity contribution in [2.45, 2.75) is 70.3 Å². The minimum atomic E-state index is 0.350. The van der Waals surface area contributed by atoms with Crippen LogP contribution in [-0.2, 0) is 0 Å². The molecule has 1 aromatic rings. The highest BCUT2D eigenvalue weighted by molar-refractivity contribution is 5.30. The van der Waals surface area contributed by atoms with Crippen molar-refractivity contribution in [3.8, 4) is 0 Å². The van der Waals surface area contributed by atoms with E-state index in [-0.39, 0.29) is 0 Å². The molecule has 2 N–H and O–H groups in total. The molecule has 2 aliphatic rings. The Balaban J connectivity index is 1.76. The molecule has 104 valence electrons. The van der Waals surface area contributed by atoms with Gasteiger partial charge in [0, 0.05) is 6.04 Å². The van der Waals surface area contributed by atoms with Crippen LogP contribution in [0.2, 0.25) is 0 Å². The molecule has 3 rings (SSSR count). The number of hydrogen-bond donors (Lipinski definition) is 1. The summed E-state index contributed by atoms with van der Waals surface area (Å²) in [6.45, 7) is 4.77. The molecule has 0 aromatic heterocycles. The minimum absolute atomic E-state index is 0.350. The SMILES string of the molecule is CC1(C)CCC(N)C(c2ccc(C3CCC3)cc2)C1. The molecule has 2 fully saturated rings. The van der Waals surface area contributed by atoms with Gasteiger partial charge in [-0.2, -0.15) is 0 Å². The number of nitrogens with two attached hydrogens (primary N) is 1. The van der Waals surface area contributed by atoms with Crippen LogP contribution < -0.4 is 5.73 Å². The third-order valence-electron chi connectivity index (χ3n) is 5.38. The standard InChI is InChI=1S/C18H27N/c1-18(2)11-10-17(19)16(12-18)15-8-6-14(7-9-15)13-4-3-5-13/h6-9,13,16-17H,3-5,10-12,19H2,1-2H3. The van der Waals surface area contributed by atoms with Crippen molar-refractivity contribution in [2.24, 2.45) is 11.1 Å². The van der Waals surface area contributed by atoms with Crippen LogP contribution in [0.4, 0.5) is 0 Å². The van der Waals surface area contributed by atoms with E-state index in [1.165, 1.54) is 44.1 Å². The Morgan fingerprint density at radius 3 is 2.21 bits per heavy atom. The van der Waals surface area contributed by atoms with Gasteiger partial charge in [0.15, 0.2) is 0 Å². The van der Waals surface area contributed by atoms with E-state index < -0.39 is 0 Å². The van der Waals surface area contributed by atoms with Crippen molar-refractivity contribution in [2.75, 3.05) is 0 Å². The predicted octanol–water partition coefficient (Wildman–Crippen LogP) is 4.58. The Bertz CT molecular complexity index is 428. The Morgan fingerprint density at radius 1 is 1.00 bits per heavy atom. The van der Waals surface area contributed by atoms with E-state index in [4.69, 9.17) is 5.73 Å². The second-order valence-electron chi connectivity index (χ2n) is 7.47. The third kappa shape index (κ3) is 2.72. The molecule has 2 saturated carbocycles. The van der Waals surface area contributed by atoms with Gasteiger partial charge in [-0.25, -0.2) is 0 Å². The lowest BCUT2D eigenvalue weighted by Gasteiger charge is -2.39. The number of benzene rings is 1. The molecule has 0 saturated heterocycles. The van der Waals surface area contributed by atoms with Gasteiger partial charge in [-0.05, 0) is 60.5 Å². The first kappa shape index (κ1) is 13.2. The lowest BCUT2D eigenvalue weighted by molar-refractivity contribution is 0.198. The molecule has 1 heteroatoms. The maximum atomic E-state index is 6.37. The van der Waals surface area contributed by atoms with Crippen molar-refractivity contribution < 1.29 is 0 Å². The smallest absolute Gasteiger partial charge is 0.0108 e. The highest BCUT2D eigenvalue weighted by Crippen LogP contribution is 2.43. The van der Waals surface area contributed by atoms with Crippen molar-refractivity contribution in [1.29, 1.82) is 0 Å². The molecule has 0 amide bonds. The van der Waals surface area contributed by atoms with E-state index in [1.54, 1.807) is 5.56 Å². The summed E-state index contributed by atoms with van der Waals surface area (Å²) in [6.07, 6.45) is 7.85. The van der Waals surface area contributed by atoms with Crippen LogP contribution in [0.1, 0.15) is 75.3 Å². The molecule has 2 atom stereocenters. The number of hydrogen-bond acceptors (Lipinski definition) is 1. The molecular weight excluding hydrogens is 230 g/mol. The van der Waals surface area contributed by atoms with Gasteiger partial charge < -0.3 is 5.73 Å².